The molecule has 1 aromatic rings. The summed E-state index contributed by atoms with van der Waals surface area (Å²) in [6.45, 7) is 5.95. The van der Waals surface area contributed by atoms with E-state index in [1.54, 1.807) is 19.1 Å². The average Bonchev–Trinajstić information content (AvgIpc) is 2.32. The number of rotatable bonds is 1. The van der Waals surface area contributed by atoms with Crippen molar-refractivity contribution in [2.75, 3.05) is 19.6 Å². The van der Waals surface area contributed by atoms with Crippen LogP contribution in [0, 0.1) is 12.7 Å². The molecule has 3 nitrogen and oxygen atoms in total. The maximum absolute atomic E-state index is 13.1. The van der Waals surface area contributed by atoms with Crippen molar-refractivity contribution >= 4 is 5.91 Å². The van der Waals surface area contributed by atoms with Crippen molar-refractivity contribution in [2.45, 2.75) is 19.9 Å². The van der Waals surface area contributed by atoms with Crippen LogP contribution in [0.4, 0.5) is 4.39 Å². The van der Waals surface area contributed by atoms with E-state index in [2.05, 4.69) is 12.2 Å². The molecule has 1 aromatic carbocycles. The van der Waals surface area contributed by atoms with Crippen molar-refractivity contribution in [3.05, 3.63) is 35.1 Å². The first-order valence-electron chi connectivity index (χ1n) is 5.87. The number of hydrogen-bond donors (Lipinski definition) is 1. The van der Waals surface area contributed by atoms with Gasteiger partial charge < -0.3 is 10.2 Å². The predicted octanol–water partition coefficient (Wildman–Crippen LogP) is 1.57. The lowest BCUT2D eigenvalue weighted by molar-refractivity contribution is 0.0709. The second-order valence-electron chi connectivity index (χ2n) is 4.57. The fourth-order valence-electron chi connectivity index (χ4n) is 2.08. The number of aryl methyl sites for hydroxylation is 1. The van der Waals surface area contributed by atoms with Crippen LogP contribution >= 0.6 is 0 Å². The first kappa shape index (κ1) is 12.0. The van der Waals surface area contributed by atoms with Crippen LogP contribution < -0.4 is 5.32 Å². The van der Waals surface area contributed by atoms with E-state index in [0.29, 0.717) is 30.3 Å². The van der Waals surface area contributed by atoms with E-state index in [1.807, 2.05) is 4.90 Å². The Hall–Kier alpha value is -1.42. The summed E-state index contributed by atoms with van der Waals surface area (Å²) in [5, 5.41) is 3.28. The fourth-order valence-corrected chi connectivity index (χ4v) is 2.08. The summed E-state index contributed by atoms with van der Waals surface area (Å²) in [6.07, 6.45) is 0. The fraction of sp³-hybridized carbons (Fsp3) is 0.462. The van der Waals surface area contributed by atoms with Gasteiger partial charge in [0.15, 0.2) is 0 Å². The van der Waals surface area contributed by atoms with Crippen LogP contribution in [0.1, 0.15) is 22.8 Å². The molecule has 1 aliphatic heterocycles. The molecule has 2 rings (SSSR count). The SMILES string of the molecule is Cc1cc(C(=O)N2CCNC(C)C2)ccc1F. The third-order valence-corrected chi connectivity index (χ3v) is 3.06. The van der Waals surface area contributed by atoms with Gasteiger partial charge in [-0.2, -0.15) is 0 Å². The summed E-state index contributed by atoms with van der Waals surface area (Å²) in [6, 6.07) is 4.84. The quantitative estimate of drug-likeness (QED) is 0.802. The number of carbonyl (C=O) groups is 1. The topological polar surface area (TPSA) is 32.3 Å². The molecule has 1 saturated heterocycles. The van der Waals surface area contributed by atoms with Crippen LogP contribution in [0.3, 0.4) is 0 Å². The zero-order valence-corrected chi connectivity index (χ0v) is 10.2. The molecule has 1 N–H and O–H groups in total. The molecule has 1 atom stereocenters. The molecule has 0 aliphatic carbocycles. The van der Waals surface area contributed by atoms with E-state index in [9.17, 15) is 9.18 Å². The summed E-state index contributed by atoms with van der Waals surface area (Å²) >= 11 is 0. The Morgan fingerprint density at radius 3 is 2.94 bits per heavy atom. The first-order valence-corrected chi connectivity index (χ1v) is 5.87. The monoisotopic (exact) mass is 236 g/mol. The Labute approximate surface area is 101 Å². The molecular weight excluding hydrogens is 219 g/mol. The Kier molecular flexibility index (Phi) is 3.43. The Balaban J connectivity index is 2.15. The van der Waals surface area contributed by atoms with Crippen LogP contribution in [0.2, 0.25) is 0 Å². The van der Waals surface area contributed by atoms with Gasteiger partial charge in [0.1, 0.15) is 5.82 Å². The van der Waals surface area contributed by atoms with E-state index in [-0.39, 0.29) is 11.7 Å². The van der Waals surface area contributed by atoms with Crippen molar-refractivity contribution < 1.29 is 9.18 Å². The van der Waals surface area contributed by atoms with Gasteiger partial charge in [-0.1, -0.05) is 0 Å². The lowest BCUT2D eigenvalue weighted by Crippen LogP contribution is -2.51. The Morgan fingerprint density at radius 1 is 1.53 bits per heavy atom. The van der Waals surface area contributed by atoms with Gasteiger partial charge in [0, 0.05) is 31.2 Å². The van der Waals surface area contributed by atoms with Gasteiger partial charge in [-0.05, 0) is 37.6 Å². The molecule has 1 unspecified atom stereocenters. The average molecular weight is 236 g/mol. The normalized spacial score (nSPS) is 20.4. The second-order valence-corrected chi connectivity index (χ2v) is 4.57. The molecule has 0 bridgehead atoms. The van der Waals surface area contributed by atoms with Gasteiger partial charge in [-0.15, -0.1) is 0 Å². The zero-order valence-electron chi connectivity index (χ0n) is 10.2. The summed E-state index contributed by atoms with van der Waals surface area (Å²) in [5.41, 5.74) is 1.08. The molecule has 0 spiro atoms. The Morgan fingerprint density at radius 2 is 2.29 bits per heavy atom. The van der Waals surface area contributed by atoms with Crippen molar-refractivity contribution in [1.82, 2.24) is 10.2 Å². The molecule has 1 fully saturated rings. The van der Waals surface area contributed by atoms with Crippen molar-refractivity contribution in [2.24, 2.45) is 0 Å². The van der Waals surface area contributed by atoms with Gasteiger partial charge in [0.05, 0.1) is 0 Å². The molecule has 1 heterocycles. The van der Waals surface area contributed by atoms with Crippen LogP contribution in [-0.2, 0) is 0 Å². The van der Waals surface area contributed by atoms with Crippen molar-refractivity contribution in [1.29, 1.82) is 0 Å². The van der Waals surface area contributed by atoms with E-state index in [1.165, 1.54) is 6.07 Å². The van der Waals surface area contributed by atoms with Gasteiger partial charge in [-0.3, -0.25) is 4.79 Å². The number of benzene rings is 1. The van der Waals surface area contributed by atoms with Crippen LogP contribution in [0.15, 0.2) is 18.2 Å². The maximum Gasteiger partial charge on any atom is 0.253 e. The molecule has 0 radical (unpaired) electrons. The largest absolute Gasteiger partial charge is 0.336 e. The highest BCUT2D eigenvalue weighted by Gasteiger charge is 2.21. The highest BCUT2D eigenvalue weighted by atomic mass is 19.1. The number of amides is 1. The van der Waals surface area contributed by atoms with E-state index in [0.717, 1.165) is 6.54 Å². The third-order valence-electron chi connectivity index (χ3n) is 3.06. The van der Waals surface area contributed by atoms with E-state index >= 15 is 0 Å². The van der Waals surface area contributed by atoms with Crippen LogP contribution in [0.5, 0.6) is 0 Å². The lowest BCUT2D eigenvalue weighted by Gasteiger charge is -2.32. The molecule has 4 heteroatoms. The third kappa shape index (κ3) is 2.64. The standard InChI is InChI=1S/C13H17FN2O/c1-9-7-11(3-4-12(9)14)13(17)16-6-5-15-10(2)8-16/h3-4,7,10,15H,5-6,8H2,1-2H3. The number of hydrogen-bond acceptors (Lipinski definition) is 2. The van der Waals surface area contributed by atoms with Crippen molar-refractivity contribution in [3.63, 3.8) is 0 Å². The maximum atomic E-state index is 13.1. The van der Waals surface area contributed by atoms with Crippen LogP contribution in [-0.4, -0.2) is 36.5 Å². The summed E-state index contributed by atoms with van der Waals surface area (Å²) in [5.74, 6) is -0.281. The molecule has 92 valence electrons. The number of halogens is 1. The van der Waals surface area contributed by atoms with Gasteiger partial charge in [0.2, 0.25) is 0 Å². The molecule has 1 aliphatic rings. The first-order chi connectivity index (χ1) is 8.08. The molecule has 17 heavy (non-hydrogen) atoms. The minimum atomic E-state index is -0.268. The summed E-state index contributed by atoms with van der Waals surface area (Å²) < 4.78 is 13.1. The molecule has 0 aromatic heterocycles. The number of nitrogens with one attached hydrogen (secondary N) is 1. The highest BCUT2D eigenvalue weighted by Crippen LogP contribution is 2.12. The molecule has 0 saturated carbocycles. The zero-order chi connectivity index (χ0) is 12.4. The predicted molar refractivity (Wildman–Crippen MR) is 64.5 cm³/mol. The number of carbonyl (C=O) groups excluding carboxylic acids is 1. The molecular formula is C13H17FN2O. The minimum Gasteiger partial charge on any atom is -0.336 e. The van der Waals surface area contributed by atoms with E-state index in [4.69, 9.17) is 0 Å². The van der Waals surface area contributed by atoms with Crippen LogP contribution in [0.25, 0.3) is 0 Å². The second kappa shape index (κ2) is 4.84. The lowest BCUT2D eigenvalue weighted by atomic mass is 10.1. The van der Waals surface area contributed by atoms with E-state index < -0.39 is 0 Å². The smallest absolute Gasteiger partial charge is 0.253 e. The van der Waals surface area contributed by atoms with Gasteiger partial charge in [0.25, 0.3) is 5.91 Å². The van der Waals surface area contributed by atoms with Gasteiger partial charge >= 0.3 is 0 Å². The molecule has 1 amide bonds. The Bertz CT molecular complexity index is 433. The number of piperazine rings is 1. The summed E-state index contributed by atoms with van der Waals surface area (Å²) in [7, 11) is 0. The van der Waals surface area contributed by atoms with Gasteiger partial charge in [-0.25, -0.2) is 4.39 Å². The summed E-state index contributed by atoms with van der Waals surface area (Å²) in [4.78, 5) is 14.0. The highest BCUT2D eigenvalue weighted by molar-refractivity contribution is 5.94. The van der Waals surface area contributed by atoms with Crippen molar-refractivity contribution in [3.8, 4) is 0 Å². The number of nitrogens with zero attached hydrogens (tertiary/aromatic N) is 1. The minimum absolute atomic E-state index is 0.0125.